The Morgan fingerprint density at radius 1 is 1.14 bits per heavy atom. The summed E-state index contributed by atoms with van der Waals surface area (Å²) in [6.45, 7) is 2.15. The van der Waals surface area contributed by atoms with Gasteiger partial charge >= 0.3 is 0 Å². The molecule has 2 rings (SSSR count). The Morgan fingerprint density at radius 2 is 1.86 bits per heavy atom. The molecule has 76 valence electrons. The Labute approximate surface area is 86.5 Å². The van der Waals surface area contributed by atoms with E-state index in [-0.39, 0.29) is 0 Å². The van der Waals surface area contributed by atoms with Gasteiger partial charge in [0.05, 0.1) is 0 Å². The maximum absolute atomic E-state index is 3.43. The van der Waals surface area contributed by atoms with Gasteiger partial charge in [0.2, 0.25) is 0 Å². The summed E-state index contributed by atoms with van der Waals surface area (Å²) in [4.78, 5) is 0. The predicted octanol–water partition coefficient (Wildman–Crippen LogP) is 2.85. The van der Waals surface area contributed by atoms with Crippen LogP contribution in [0.15, 0.2) is 24.3 Å². The van der Waals surface area contributed by atoms with Crippen molar-refractivity contribution in [1.82, 2.24) is 5.32 Å². The van der Waals surface area contributed by atoms with Crippen LogP contribution in [0.25, 0.3) is 0 Å². The zero-order chi connectivity index (χ0) is 9.97. The minimum Gasteiger partial charge on any atom is -0.316 e. The minimum atomic E-state index is 0.692. The number of benzene rings is 1. The Hall–Kier alpha value is -0.820. The van der Waals surface area contributed by atoms with Gasteiger partial charge in [-0.15, -0.1) is 0 Å². The molecule has 1 aliphatic carbocycles. The van der Waals surface area contributed by atoms with Gasteiger partial charge in [-0.05, 0) is 38.3 Å². The first kappa shape index (κ1) is 9.72. The van der Waals surface area contributed by atoms with E-state index in [2.05, 4.69) is 43.6 Å². The first-order valence-electron chi connectivity index (χ1n) is 5.55. The number of nitrogens with one attached hydrogen (secondary N) is 1. The summed E-state index contributed by atoms with van der Waals surface area (Å²) in [6.07, 6.45) is 4.04. The van der Waals surface area contributed by atoms with Crippen LogP contribution in [-0.4, -0.2) is 13.1 Å². The number of hydrogen-bond donors (Lipinski definition) is 1. The van der Waals surface area contributed by atoms with E-state index in [1.807, 2.05) is 0 Å². The second kappa shape index (κ2) is 4.14. The predicted molar refractivity (Wildman–Crippen MR) is 60.6 cm³/mol. The SMILES string of the molecule is CN[C@H]1CCC[C@@H]1c1ccc(C)cc1. The molecule has 0 aliphatic heterocycles. The van der Waals surface area contributed by atoms with E-state index in [4.69, 9.17) is 0 Å². The van der Waals surface area contributed by atoms with Gasteiger partial charge in [-0.3, -0.25) is 0 Å². The second-order valence-electron chi connectivity index (χ2n) is 4.34. The van der Waals surface area contributed by atoms with Gasteiger partial charge in [-0.1, -0.05) is 36.2 Å². The van der Waals surface area contributed by atoms with Gasteiger partial charge in [0.25, 0.3) is 0 Å². The number of aryl methyl sites for hydroxylation is 1. The molecular weight excluding hydrogens is 170 g/mol. The van der Waals surface area contributed by atoms with Gasteiger partial charge in [0.15, 0.2) is 0 Å². The lowest BCUT2D eigenvalue weighted by Gasteiger charge is -2.19. The Bertz CT molecular complexity index is 289. The maximum atomic E-state index is 3.43. The minimum absolute atomic E-state index is 0.692. The Morgan fingerprint density at radius 3 is 2.50 bits per heavy atom. The van der Waals surface area contributed by atoms with Crippen molar-refractivity contribution in [1.29, 1.82) is 0 Å². The molecule has 0 saturated heterocycles. The van der Waals surface area contributed by atoms with E-state index in [0.29, 0.717) is 6.04 Å². The van der Waals surface area contributed by atoms with Crippen molar-refractivity contribution >= 4 is 0 Å². The van der Waals surface area contributed by atoms with E-state index in [1.54, 1.807) is 0 Å². The molecule has 2 atom stereocenters. The van der Waals surface area contributed by atoms with Crippen LogP contribution in [0.1, 0.15) is 36.3 Å². The number of hydrogen-bond acceptors (Lipinski definition) is 1. The van der Waals surface area contributed by atoms with Crippen LogP contribution in [0, 0.1) is 6.92 Å². The topological polar surface area (TPSA) is 12.0 Å². The largest absolute Gasteiger partial charge is 0.316 e. The monoisotopic (exact) mass is 189 g/mol. The summed E-state index contributed by atoms with van der Waals surface area (Å²) < 4.78 is 0. The number of likely N-dealkylation sites (N-methyl/N-ethyl adjacent to an activating group) is 1. The molecule has 1 aromatic rings. The summed E-state index contributed by atoms with van der Waals surface area (Å²) in [5.41, 5.74) is 2.86. The third-order valence-corrected chi connectivity index (χ3v) is 3.39. The molecule has 1 N–H and O–H groups in total. The highest BCUT2D eigenvalue weighted by Gasteiger charge is 2.26. The third kappa shape index (κ3) is 1.83. The number of rotatable bonds is 2. The van der Waals surface area contributed by atoms with Gasteiger partial charge < -0.3 is 5.32 Å². The first-order chi connectivity index (χ1) is 6.81. The maximum Gasteiger partial charge on any atom is 0.0133 e. The lowest BCUT2D eigenvalue weighted by atomic mass is 9.93. The highest BCUT2D eigenvalue weighted by molar-refractivity contribution is 5.26. The highest BCUT2D eigenvalue weighted by atomic mass is 14.9. The molecule has 1 aromatic carbocycles. The van der Waals surface area contributed by atoms with E-state index >= 15 is 0 Å². The molecule has 1 nitrogen and oxygen atoms in total. The lowest BCUT2D eigenvalue weighted by Crippen LogP contribution is -2.27. The normalized spacial score (nSPS) is 26.7. The summed E-state index contributed by atoms with van der Waals surface area (Å²) in [5, 5.41) is 3.43. The van der Waals surface area contributed by atoms with Crippen molar-refractivity contribution in [3.05, 3.63) is 35.4 Å². The second-order valence-corrected chi connectivity index (χ2v) is 4.34. The standard InChI is InChI=1S/C13H19N/c1-10-6-8-11(9-7-10)12-4-3-5-13(12)14-2/h6-9,12-14H,3-5H2,1-2H3/t12-,13+/m1/s1. The van der Waals surface area contributed by atoms with Crippen LogP contribution in [0.3, 0.4) is 0 Å². The third-order valence-electron chi connectivity index (χ3n) is 3.39. The van der Waals surface area contributed by atoms with Gasteiger partial charge in [-0.2, -0.15) is 0 Å². The molecule has 14 heavy (non-hydrogen) atoms. The average Bonchev–Trinajstić information content (AvgIpc) is 2.67. The molecule has 1 heteroatoms. The lowest BCUT2D eigenvalue weighted by molar-refractivity contribution is 0.522. The molecule has 1 aliphatic rings. The fourth-order valence-corrected chi connectivity index (χ4v) is 2.52. The van der Waals surface area contributed by atoms with Gasteiger partial charge in [0.1, 0.15) is 0 Å². The summed E-state index contributed by atoms with van der Waals surface area (Å²) in [6, 6.07) is 9.71. The molecule has 1 saturated carbocycles. The van der Waals surface area contributed by atoms with Gasteiger partial charge in [0, 0.05) is 6.04 Å². The molecule has 0 amide bonds. The van der Waals surface area contributed by atoms with Crippen LogP contribution >= 0.6 is 0 Å². The van der Waals surface area contributed by atoms with Crippen molar-refractivity contribution in [3.8, 4) is 0 Å². The fraction of sp³-hybridized carbons (Fsp3) is 0.538. The molecule has 0 radical (unpaired) electrons. The Balaban J connectivity index is 2.17. The zero-order valence-electron chi connectivity index (χ0n) is 9.09. The van der Waals surface area contributed by atoms with E-state index in [0.717, 1.165) is 5.92 Å². The van der Waals surface area contributed by atoms with Crippen molar-refractivity contribution in [2.75, 3.05) is 7.05 Å². The first-order valence-corrected chi connectivity index (χ1v) is 5.55. The van der Waals surface area contributed by atoms with Crippen molar-refractivity contribution < 1.29 is 0 Å². The van der Waals surface area contributed by atoms with Crippen LogP contribution in [0.2, 0.25) is 0 Å². The van der Waals surface area contributed by atoms with Crippen LogP contribution in [0.4, 0.5) is 0 Å². The average molecular weight is 189 g/mol. The quantitative estimate of drug-likeness (QED) is 0.754. The van der Waals surface area contributed by atoms with Crippen LogP contribution in [-0.2, 0) is 0 Å². The zero-order valence-corrected chi connectivity index (χ0v) is 9.09. The fourth-order valence-electron chi connectivity index (χ4n) is 2.52. The summed E-state index contributed by atoms with van der Waals surface area (Å²) >= 11 is 0. The molecule has 0 unspecified atom stereocenters. The molecule has 0 aromatic heterocycles. The van der Waals surface area contributed by atoms with E-state index < -0.39 is 0 Å². The van der Waals surface area contributed by atoms with Crippen molar-refractivity contribution in [3.63, 3.8) is 0 Å². The highest BCUT2D eigenvalue weighted by Crippen LogP contribution is 2.34. The molecule has 0 heterocycles. The van der Waals surface area contributed by atoms with E-state index in [9.17, 15) is 0 Å². The molecule has 0 bridgehead atoms. The van der Waals surface area contributed by atoms with E-state index in [1.165, 1.54) is 30.4 Å². The molecular formula is C13H19N. The summed E-state index contributed by atoms with van der Waals surface area (Å²) in [5.74, 6) is 0.737. The smallest absolute Gasteiger partial charge is 0.0133 e. The van der Waals surface area contributed by atoms with Gasteiger partial charge in [-0.25, -0.2) is 0 Å². The van der Waals surface area contributed by atoms with Crippen molar-refractivity contribution in [2.24, 2.45) is 0 Å². The van der Waals surface area contributed by atoms with Crippen molar-refractivity contribution in [2.45, 2.75) is 38.1 Å². The Kier molecular flexibility index (Phi) is 2.87. The van der Waals surface area contributed by atoms with Crippen LogP contribution in [0.5, 0.6) is 0 Å². The van der Waals surface area contributed by atoms with Crippen LogP contribution < -0.4 is 5.32 Å². The molecule has 0 spiro atoms. The molecule has 1 fully saturated rings. The summed E-state index contributed by atoms with van der Waals surface area (Å²) in [7, 11) is 2.08.